The summed E-state index contributed by atoms with van der Waals surface area (Å²) in [7, 11) is -4.74. The van der Waals surface area contributed by atoms with Crippen molar-refractivity contribution in [1.82, 2.24) is 0 Å². The van der Waals surface area contributed by atoms with Gasteiger partial charge >= 0.3 is 5.97 Å². The first-order valence-corrected chi connectivity index (χ1v) is 22.9. The maximum Gasteiger partial charge on any atom is 0.311 e. The maximum atomic E-state index is 13.4. The summed E-state index contributed by atoms with van der Waals surface area (Å²) in [4.78, 5) is 25.9. The highest BCUT2D eigenvalue weighted by Gasteiger charge is 2.31. The second-order valence-corrected chi connectivity index (χ2v) is 16.0. The number of hydrogen-bond acceptors (Lipinski definition) is 8. The van der Waals surface area contributed by atoms with E-state index in [0.29, 0.717) is 13.0 Å². The van der Waals surface area contributed by atoms with E-state index < -0.39 is 26.2 Å². The Hall–Kier alpha value is -0.500. The summed E-state index contributed by atoms with van der Waals surface area (Å²) in [5, 5.41) is 0. The van der Waals surface area contributed by atoms with Crippen LogP contribution in [-0.2, 0) is 27.9 Å². The van der Waals surface area contributed by atoms with Gasteiger partial charge in [-0.15, -0.1) is 0 Å². The SMILES string of the molecule is CCCCCCCCCCCCCCCCO[C@@H](C)C(OC(=O)C(CCCC)CCCCCCCCCCCCCC)OP(=O)([O-])OCCN. The van der Waals surface area contributed by atoms with Gasteiger partial charge in [-0.05, 0) is 26.2 Å². The molecule has 0 aliphatic carbocycles. The Kier molecular flexibility index (Phi) is 36.5. The molecule has 4 atom stereocenters. The molecule has 0 aliphatic rings. The number of unbranched alkanes of at least 4 members (excludes halogenated alkanes) is 25. The molecular weight excluding hydrogens is 649 g/mol. The van der Waals surface area contributed by atoms with Crippen LogP contribution >= 0.6 is 7.82 Å². The van der Waals surface area contributed by atoms with Gasteiger partial charge in [-0.25, -0.2) is 0 Å². The number of phosphoric ester groups is 1. The molecule has 0 amide bonds. The molecular formula is C41H83NO7P-. The standard InChI is InChI=1S/C41H84NO7P/c1-5-8-11-13-15-17-19-21-22-24-26-28-30-32-36-46-38(4)41(49-50(44,45)47-37-35-42)48-40(43)39(33-10-7-3)34-31-29-27-25-23-20-18-16-14-12-9-6-2/h38-39,41H,5-37,42H2,1-4H3,(H,44,45)/p-1/t38-,39?,41?/m0/s1. The van der Waals surface area contributed by atoms with Crippen molar-refractivity contribution < 1.29 is 32.8 Å². The van der Waals surface area contributed by atoms with Gasteiger partial charge in [-0.2, -0.15) is 0 Å². The maximum absolute atomic E-state index is 13.4. The summed E-state index contributed by atoms with van der Waals surface area (Å²) in [5.41, 5.74) is 5.43. The van der Waals surface area contributed by atoms with Crippen LogP contribution in [0.4, 0.5) is 0 Å². The molecule has 300 valence electrons. The van der Waals surface area contributed by atoms with Crippen molar-refractivity contribution in [1.29, 1.82) is 0 Å². The fourth-order valence-electron chi connectivity index (χ4n) is 6.44. The molecule has 50 heavy (non-hydrogen) atoms. The van der Waals surface area contributed by atoms with Crippen LogP contribution in [0.2, 0.25) is 0 Å². The predicted octanol–water partition coefficient (Wildman–Crippen LogP) is 12.1. The first kappa shape index (κ1) is 49.5. The van der Waals surface area contributed by atoms with Gasteiger partial charge in [0.2, 0.25) is 6.29 Å². The minimum atomic E-state index is -4.74. The van der Waals surface area contributed by atoms with Crippen molar-refractivity contribution in [3.05, 3.63) is 0 Å². The lowest BCUT2D eigenvalue weighted by Gasteiger charge is -2.31. The lowest BCUT2D eigenvalue weighted by Crippen LogP contribution is -2.37. The Morgan fingerprint density at radius 1 is 0.580 bits per heavy atom. The van der Waals surface area contributed by atoms with Gasteiger partial charge in [0.05, 0.1) is 12.5 Å². The van der Waals surface area contributed by atoms with Crippen LogP contribution in [0.25, 0.3) is 0 Å². The summed E-state index contributed by atoms with van der Waals surface area (Å²) in [6.07, 6.45) is 34.1. The van der Waals surface area contributed by atoms with Gasteiger partial charge in [0.25, 0.3) is 7.82 Å². The average Bonchev–Trinajstić information content (AvgIpc) is 3.10. The van der Waals surface area contributed by atoms with Crippen molar-refractivity contribution >= 4 is 13.8 Å². The zero-order valence-corrected chi connectivity index (χ0v) is 34.3. The summed E-state index contributed by atoms with van der Waals surface area (Å²) in [6.45, 7) is 8.59. The highest BCUT2D eigenvalue weighted by atomic mass is 31.2. The van der Waals surface area contributed by atoms with Gasteiger partial charge in [0, 0.05) is 13.2 Å². The number of ether oxygens (including phenoxy) is 2. The van der Waals surface area contributed by atoms with Crippen molar-refractivity contribution in [3.8, 4) is 0 Å². The number of nitrogens with two attached hydrogens (primary N) is 1. The van der Waals surface area contributed by atoms with Gasteiger partial charge in [-0.3, -0.25) is 13.9 Å². The number of hydrogen-bond donors (Lipinski definition) is 1. The molecule has 0 spiro atoms. The molecule has 9 heteroatoms. The Balaban J connectivity index is 4.60. The van der Waals surface area contributed by atoms with E-state index in [1.807, 2.05) is 0 Å². The number of phosphoric acid groups is 1. The fourth-order valence-corrected chi connectivity index (χ4v) is 7.30. The molecule has 0 aliphatic heterocycles. The summed E-state index contributed by atoms with van der Waals surface area (Å²) >= 11 is 0. The van der Waals surface area contributed by atoms with Crippen LogP contribution in [-0.4, -0.2) is 38.1 Å². The molecule has 8 nitrogen and oxygen atoms in total. The van der Waals surface area contributed by atoms with E-state index in [-0.39, 0.29) is 19.1 Å². The van der Waals surface area contributed by atoms with Crippen molar-refractivity contribution in [2.24, 2.45) is 11.7 Å². The van der Waals surface area contributed by atoms with E-state index in [1.54, 1.807) is 6.92 Å². The molecule has 0 fully saturated rings. The van der Waals surface area contributed by atoms with Gasteiger partial charge in [-0.1, -0.05) is 194 Å². The van der Waals surface area contributed by atoms with Gasteiger partial charge in [0.15, 0.2) is 0 Å². The zero-order valence-electron chi connectivity index (χ0n) is 33.4. The van der Waals surface area contributed by atoms with Gasteiger partial charge in [0.1, 0.15) is 6.10 Å². The van der Waals surface area contributed by atoms with Crippen molar-refractivity contribution in [2.45, 2.75) is 233 Å². The molecule has 0 saturated heterocycles. The third kappa shape index (κ3) is 32.2. The van der Waals surface area contributed by atoms with E-state index in [1.165, 1.54) is 135 Å². The topological polar surface area (TPSA) is 120 Å². The van der Waals surface area contributed by atoms with Crippen molar-refractivity contribution in [2.75, 3.05) is 19.8 Å². The molecule has 0 radical (unpaired) electrons. The highest BCUT2D eigenvalue weighted by molar-refractivity contribution is 7.45. The summed E-state index contributed by atoms with van der Waals surface area (Å²) < 4.78 is 34.4. The fraction of sp³-hybridized carbons (Fsp3) is 0.976. The molecule has 0 aromatic heterocycles. The second kappa shape index (κ2) is 36.8. The lowest BCUT2D eigenvalue weighted by molar-refractivity contribution is -0.254. The first-order valence-electron chi connectivity index (χ1n) is 21.5. The highest BCUT2D eigenvalue weighted by Crippen LogP contribution is 2.41. The molecule has 0 heterocycles. The van der Waals surface area contributed by atoms with Crippen molar-refractivity contribution in [3.63, 3.8) is 0 Å². The van der Waals surface area contributed by atoms with Crippen LogP contribution < -0.4 is 10.6 Å². The third-order valence-corrected chi connectivity index (χ3v) is 10.7. The van der Waals surface area contributed by atoms with E-state index in [2.05, 4.69) is 20.8 Å². The number of esters is 1. The van der Waals surface area contributed by atoms with E-state index in [0.717, 1.165) is 51.4 Å². The number of rotatable bonds is 40. The molecule has 0 saturated carbocycles. The van der Waals surface area contributed by atoms with E-state index >= 15 is 0 Å². The normalized spacial score (nSPS) is 14.8. The quantitative estimate of drug-likeness (QED) is 0.0286. The van der Waals surface area contributed by atoms with Crippen LogP contribution in [0, 0.1) is 5.92 Å². The Morgan fingerprint density at radius 3 is 1.38 bits per heavy atom. The largest absolute Gasteiger partial charge is 0.756 e. The molecule has 0 bridgehead atoms. The molecule has 0 rings (SSSR count). The average molecular weight is 733 g/mol. The van der Waals surface area contributed by atoms with Crippen LogP contribution in [0.1, 0.15) is 220 Å². The molecule has 2 N–H and O–H groups in total. The Bertz CT molecular complexity index is 771. The smallest absolute Gasteiger partial charge is 0.311 e. The first-order chi connectivity index (χ1) is 24.3. The van der Waals surface area contributed by atoms with E-state index in [9.17, 15) is 14.3 Å². The summed E-state index contributed by atoms with van der Waals surface area (Å²) in [5.74, 6) is -0.713. The minimum absolute atomic E-state index is 0.0311. The molecule has 3 unspecified atom stereocenters. The summed E-state index contributed by atoms with van der Waals surface area (Å²) in [6, 6.07) is 0. The number of carbonyl (C=O) groups is 1. The van der Waals surface area contributed by atoms with Crippen LogP contribution in [0.15, 0.2) is 0 Å². The Morgan fingerprint density at radius 2 is 0.960 bits per heavy atom. The number of carbonyl (C=O) groups excluding carboxylic acids is 1. The second-order valence-electron chi connectivity index (χ2n) is 14.7. The minimum Gasteiger partial charge on any atom is -0.756 e. The zero-order chi connectivity index (χ0) is 37.0. The predicted molar refractivity (Wildman–Crippen MR) is 208 cm³/mol. The van der Waals surface area contributed by atoms with Crippen LogP contribution in [0.5, 0.6) is 0 Å². The van der Waals surface area contributed by atoms with Crippen LogP contribution in [0.3, 0.4) is 0 Å². The monoisotopic (exact) mass is 733 g/mol. The molecule has 0 aromatic rings. The Labute approximate surface area is 310 Å². The van der Waals surface area contributed by atoms with Gasteiger partial charge < -0.3 is 24.6 Å². The molecule has 0 aromatic carbocycles. The third-order valence-electron chi connectivity index (χ3n) is 9.74. The lowest BCUT2D eigenvalue weighted by atomic mass is 9.95. The van der Waals surface area contributed by atoms with E-state index in [4.69, 9.17) is 24.3 Å².